The van der Waals surface area contributed by atoms with E-state index in [1.807, 2.05) is 20.8 Å². The first kappa shape index (κ1) is 31.4. The fourth-order valence-electron chi connectivity index (χ4n) is 3.85. The highest BCUT2D eigenvalue weighted by atomic mass is 35.5. The molecule has 1 N–H and O–H groups in total. The maximum absolute atomic E-state index is 13.9. The molecule has 0 saturated carbocycles. The van der Waals surface area contributed by atoms with E-state index in [0.717, 1.165) is 9.87 Å². The van der Waals surface area contributed by atoms with Gasteiger partial charge in [-0.15, -0.1) is 0 Å². The van der Waals surface area contributed by atoms with Crippen LogP contribution in [0.3, 0.4) is 0 Å². The van der Waals surface area contributed by atoms with Crippen LogP contribution in [0.15, 0.2) is 71.6 Å². The van der Waals surface area contributed by atoms with Crippen LogP contribution in [-0.4, -0.2) is 44.3 Å². The molecule has 0 unspecified atom stereocenters. The van der Waals surface area contributed by atoms with E-state index in [-0.39, 0.29) is 33.1 Å². The molecule has 214 valence electrons. The zero-order chi connectivity index (χ0) is 29.6. The fraction of sp³-hybridized carbons (Fsp3) is 0.310. The Hall–Kier alpha value is -3.14. The monoisotopic (exact) mass is 607 g/mol. The van der Waals surface area contributed by atoms with Crippen molar-refractivity contribution in [1.82, 2.24) is 10.2 Å². The summed E-state index contributed by atoms with van der Waals surface area (Å²) in [4.78, 5) is 28.1. The second-order valence-corrected chi connectivity index (χ2v) is 12.6. The number of sulfonamides is 1. The minimum absolute atomic E-state index is 0.0155. The predicted molar refractivity (Wildman–Crippen MR) is 156 cm³/mol. The van der Waals surface area contributed by atoms with Crippen LogP contribution >= 0.6 is 23.2 Å². The maximum atomic E-state index is 13.9. The Balaban J connectivity index is 2.05. The third-order valence-electron chi connectivity index (χ3n) is 6.18. The summed E-state index contributed by atoms with van der Waals surface area (Å²) in [5.41, 5.74) is 1.43. The van der Waals surface area contributed by atoms with Crippen molar-refractivity contribution in [1.29, 1.82) is 0 Å². The predicted octanol–water partition coefficient (Wildman–Crippen LogP) is 5.83. The number of anilines is 1. The number of nitrogens with zero attached hydrogens (tertiary/aromatic N) is 2. The molecule has 11 heteroatoms. The number of nitrogens with one attached hydrogen (secondary N) is 1. The smallest absolute Gasteiger partial charge is 0.264 e. The lowest BCUT2D eigenvalue weighted by Crippen LogP contribution is -2.51. The average molecular weight is 609 g/mol. The molecule has 0 heterocycles. The van der Waals surface area contributed by atoms with Crippen LogP contribution < -0.4 is 9.62 Å². The van der Waals surface area contributed by atoms with Crippen molar-refractivity contribution in [3.8, 4) is 0 Å². The molecule has 2 amide bonds. The van der Waals surface area contributed by atoms with Gasteiger partial charge in [-0.3, -0.25) is 13.9 Å². The molecule has 0 aromatic heterocycles. The Morgan fingerprint density at radius 1 is 0.950 bits per heavy atom. The van der Waals surface area contributed by atoms with Crippen molar-refractivity contribution in [3.05, 3.63) is 93.7 Å². The first-order valence-electron chi connectivity index (χ1n) is 12.7. The number of amides is 2. The van der Waals surface area contributed by atoms with E-state index >= 15 is 0 Å². The number of hydrogen-bond acceptors (Lipinski definition) is 4. The highest BCUT2D eigenvalue weighted by Gasteiger charge is 2.33. The molecule has 40 heavy (non-hydrogen) atoms. The number of aryl methyl sites for hydroxylation is 1. The molecule has 0 aliphatic heterocycles. The number of carbonyl (C=O) groups is 2. The van der Waals surface area contributed by atoms with Crippen molar-refractivity contribution in [2.45, 2.75) is 45.2 Å². The van der Waals surface area contributed by atoms with Gasteiger partial charge in [0.05, 0.1) is 15.6 Å². The summed E-state index contributed by atoms with van der Waals surface area (Å²) in [5.74, 6) is -1.34. The van der Waals surface area contributed by atoms with Crippen LogP contribution in [0.1, 0.15) is 31.9 Å². The van der Waals surface area contributed by atoms with Gasteiger partial charge in [-0.2, -0.15) is 0 Å². The molecular weight excluding hydrogens is 576 g/mol. The Morgan fingerprint density at radius 2 is 1.57 bits per heavy atom. The van der Waals surface area contributed by atoms with Crippen LogP contribution in [0.5, 0.6) is 0 Å². The van der Waals surface area contributed by atoms with Gasteiger partial charge in [-0.05, 0) is 67.8 Å². The number of halogens is 3. The van der Waals surface area contributed by atoms with E-state index in [1.165, 1.54) is 59.5 Å². The zero-order valence-corrected chi connectivity index (χ0v) is 25.0. The van der Waals surface area contributed by atoms with Crippen molar-refractivity contribution in [2.24, 2.45) is 5.92 Å². The molecule has 0 bridgehead atoms. The Labute approximate surface area is 244 Å². The van der Waals surface area contributed by atoms with E-state index < -0.39 is 40.2 Å². The van der Waals surface area contributed by atoms with Crippen LogP contribution in [0, 0.1) is 18.7 Å². The molecule has 3 rings (SSSR count). The molecule has 0 spiro atoms. The van der Waals surface area contributed by atoms with Crippen LogP contribution in [0.2, 0.25) is 10.0 Å². The molecular formula is C29H32Cl2FN3O4S. The second-order valence-electron chi connectivity index (χ2n) is 9.88. The summed E-state index contributed by atoms with van der Waals surface area (Å²) in [6.45, 7) is 6.93. The highest BCUT2D eigenvalue weighted by molar-refractivity contribution is 7.92. The summed E-state index contributed by atoms with van der Waals surface area (Å²) in [5, 5.41) is 3.10. The van der Waals surface area contributed by atoms with Gasteiger partial charge in [-0.1, -0.05) is 66.9 Å². The van der Waals surface area contributed by atoms with E-state index in [9.17, 15) is 22.4 Å². The SMILES string of the molecule is Cc1ccc(S(=O)(=O)N(CC(=O)N(Cc2ccc(F)cc2)[C@H](C)C(=O)NCC(C)C)c2cc(Cl)ccc2Cl)cc1. The lowest BCUT2D eigenvalue weighted by Gasteiger charge is -2.32. The molecule has 0 aliphatic rings. The topological polar surface area (TPSA) is 86.8 Å². The molecule has 3 aromatic rings. The highest BCUT2D eigenvalue weighted by Crippen LogP contribution is 2.33. The van der Waals surface area contributed by atoms with E-state index in [2.05, 4.69) is 5.32 Å². The summed E-state index contributed by atoms with van der Waals surface area (Å²) in [6, 6.07) is 15.0. The minimum Gasteiger partial charge on any atom is -0.354 e. The van der Waals surface area contributed by atoms with E-state index in [0.29, 0.717) is 12.1 Å². The van der Waals surface area contributed by atoms with Crippen molar-refractivity contribution in [2.75, 3.05) is 17.4 Å². The number of hydrogen-bond donors (Lipinski definition) is 1. The van der Waals surface area contributed by atoms with Gasteiger partial charge in [0, 0.05) is 18.1 Å². The molecule has 7 nitrogen and oxygen atoms in total. The lowest BCUT2D eigenvalue weighted by atomic mass is 10.1. The van der Waals surface area contributed by atoms with Gasteiger partial charge >= 0.3 is 0 Å². The van der Waals surface area contributed by atoms with E-state index in [1.54, 1.807) is 19.1 Å². The number of carbonyl (C=O) groups excluding carboxylic acids is 2. The average Bonchev–Trinajstić information content (AvgIpc) is 2.91. The Bertz CT molecular complexity index is 1450. The van der Waals surface area contributed by atoms with Crippen molar-refractivity contribution >= 4 is 50.7 Å². The molecule has 0 fully saturated rings. The number of rotatable bonds is 11. The Kier molecular flexibility index (Phi) is 10.6. The summed E-state index contributed by atoms with van der Waals surface area (Å²) in [7, 11) is -4.29. The lowest BCUT2D eigenvalue weighted by molar-refractivity contribution is -0.139. The first-order chi connectivity index (χ1) is 18.8. The van der Waals surface area contributed by atoms with Gasteiger partial charge in [0.15, 0.2) is 0 Å². The molecule has 1 atom stereocenters. The first-order valence-corrected chi connectivity index (χ1v) is 14.8. The van der Waals surface area contributed by atoms with Gasteiger partial charge in [0.25, 0.3) is 10.0 Å². The van der Waals surface area contributed by atoms with Gasteiger partial charge in [0.2, 0.25) is 11.8 Å². The summed E-state index contributed by atoms with van der Waals surface area (Å²) in [6.07, 6.45) is 0. The normalized spacial score (nSPS) is 12.2. The Morgan fingerprint density at radius 3 is 2.17 bits per heavy atom. The molecule has 0 aliphatic carbocycles. The van der Waals surface area contributed by atoms with Crippen molar-refractivity contribution in [3.63, 3.8) is 0 Å². The van der Waals surface area contributed by atoms with Crippen LogP contribution in [0.4, 0.5) is 10.1 Å². The standard InChI is InChI=1S/C29H32Cl2FN3O4S/c1-19(2)16-33-29(37)21(4)34(17-22-7-10-24(32)11-8-22)28(36)18-35(27-15-23(30)9-14-26(27)31)40(38,39)25-12-5-20(3)6-13-25/h5-15,19,21H,16-18H2,1-4H3,(H,33,37)/t21-/m1/s1. The quantitative estimate of drug-likeness (QED) is 0.297. The molecule has 0 saturated heterocycles. The van der Waals surface area contributed by atoms with Crippen LogP contribution in [-0.2, 0) is 26.2 Å². The van der Waals surface area contributed by atoms with Gasteiger partial charge in [0.1, 0.15) is 18.4 Å². The van der Waals surface area contributed by atoms with Crippen molar-refractivity contribution < 1.29 is 22.4 Å². The minimum atomic E-state index is -4.29. The largest absolute Gasteiger partial charge is 0.354 e. The van der Waals surface area contributed by atoms with Crippen LogP contribution in [0.25, 0.3) is 0 Å². The second kappa shape index (κ2) is 13.5. The third kappa shape index (κ3) is 7.96. The third-order valence-corrected chi connectivity index (χ3v) is 8.51. The maximum Gasteiger partial charge on any atom is 0.264 e. The van der Waals surface area contributed by atoms with E-state index in [4.69, 9.17) is 23.2 Å². The number of benzene rings is 3. The molecule has 0 radical (unpaired) electrons. The summed E-state index contributed by atoms with van der Waals surface area (Å²) >= 11 is 12.6. The molecule has 3 aromatic carbocycles. The fourth-order valence-corrected chi connectivity index (χ4v) is 5.71. The van der Waals surface area contributed by atoms with Gasteiger partial charge in [-0.25, -0.2) is 12.8 Å². The van der Waals surface area contributed by atoms with Gasteiger partial charge < -0.3 is 10.2 Å². The summed E-state index contributed by atoms with van der Waals surface area (Å²) < 4.78 is 42.2. The zero-order valence-electron chi connectivity index (χ0n) is 22.7.